The quantitative estimate of drug-likeness (QED) is 0.488. The number of furan rings is 1. The molecule has 0 aliphatic heterocycles. The summed E-state index contributed by atoms with van der Waals surface area (Å²) >= 11 is 0. The highest BCUT2D eigenvalue weighted by Gasteiger charge is 2.25. The maximum atomic E-state index is 6.15. The second-order valence-corrected chi connectivity index (χ2v) is 7.74. The molecule has 0 amide bonds. The third-order valence-electron chi connectivity index (χ3n) is 5.48. The van der Waals surface area contributed by atoms with Gasteiger partial charge in [-0.25, -0.2) is 0 Å². The van der Waals surface area contributed by atoms with Gasteiger partial charge >= 0.3 is 0 Å². The lowest BCUT2D eigenvalue weighted by Gasteiger charge is -2.22. The molecular weight excluding hydrogens is 334 g/mol. The molecule has 0 N–H and O–H groups in total. The Labute approximate surface area is 161 Å². The van der Waals surface area contributed by atoms with E-state index in [1.54, 1.807) is 7.11 Å². The normalized spacial score (nSPS) is 14.2. The first-order valence-corrected chi connectivity index (χ1v) is 10.1. The van der Waals surface area contributed by atoms with Crippen molar-refractivity contribution < 1.29 is 9.15 Å². The summed E-state index contributed by atoms with van der Waals surface area (Å²) in [7, 11) is 1.77. The number of aryl methyl sites for hydroxylation is 1. The van der Waals surface area contributed by atoms with E-state index in [4.69, 9.17) is 9.15 Å². The van der Waals surface area contributed by atoms with E-state index in [1.807, 2.05) is 13.0 Å². The van der Waals surface area contributed by atoms with Gasteiger partial charge in [-0.15, -0.1) is 0 Å². The fraction of sp³-hybridized carbons (Fsp3) is 0.417. The van der Waals surface area contributed by atoms with Crippen LogP contribution >= 0.6 is 0 Å². The second kappa shape index (κ2) is 7.77. The molecule has 0 bridgehead atoms. The van der Waals surface area contributed by atoms with E-state index in [2.05, 4.69) is 48.2 Å². The summed E-state index contributed by atoms with van der Waals surface area (Å²) < 4.78 is 11.9. The van der Waals surface area contributed by atoms with Gasteiger partial charge in [0.15, 0.2) is 0 Å². The van der Waals surface area contributed by atoms with Crippen LogP contribution in [0.1, 0.15) is 37.5 Å². The number of hydrogen-bond acceptors (Lipinski definition) is 3. The van der Waals surface area contributed by atoms with Crippen molar-refractivity contribution >= 4 is 11.0 Å². The number of ether oxygens (including phenoxy) is 1. The summed E-state index contributed by atoms with van der Waals surface area (Å²) in [5.74, 6) is 2.80. The largest absolute Gasteiger partial charge is 0.496 e. The molecule has 1 aliphatic carbocycles. The number of hydrogen-bond donors (Lipinski definition) is 0. The maximum absolute atomic E-state index is 6.15. The van der Waals surface area contributed by atoms with Crippen molar-refractivity contribution in [2.75, 3.05) is 20.2 Å². The lowest BCUT2D eigenvalue weighted by atomic mass is 10.0. The minimum absolute atomic E-state index is 0.891. The molecule has 142 valence electrons. The maximum Gasteiger partial charge on any atom is 0.135 e. The Bertz CT molecular complexity index is 909. The fourth-order valence-corrected chi connectivity index (χ4v) is 4.02. The molecule has 4 rings (SSSR count). The van der Waals surface area contributed by atoms with Gasteiger partial charge in [-0.05, 0) is 56.3 Å². The van der Waals surface area contributed by atoms with Crippen molar-refractivity contribution in [3.8, 4) is 16.9 Å². The molecule has 3 heteroatoms. The summed E-state index contributed by atoms with van der Waals surface area (Å²) in [5.41, 5.74) is 4.52. The van der Waals surface area contributed by atoms with Gasteiger partial charge in [-0.1, -0.05) is 37.3 Å². The van der Waals surface area contributed by atoms with Crippen molar-refractivity contribution in [1.29, 1.82) is 0 Å². The first kappa shape index (κ1) is 18.1. The van der Waals surface area contributed by atoms with Crippen LogP contribution in [0.2, 0.25) is 0 Å². The molecule has 1 aromatic heterocycles. The predicted molar refractivity (Wildman–Crippen MR) is 111 cm³/mol. The molecule has 1 fully saturated rings. The molecule has 1 heterocycles. The highest BCUT2D eigenvalue weighted by Crippen LogP contribution is 2.38. The van der Waals surface area contributed by atoms with Crippen molar-refractivity contribution in [3.63, 3.8) is 0 Å². The molecule has 0 unspecified atom stereocenters. The van der Waals surface area contributed by atoms with Crippen molar-refractivity contribution in [2.45, 2.75) is 39.7 Å². The lowest BCUT2D eigenvalue weighted by molar-refractivity contribution is 0.251. The highest BCUT2D eigenvalue weighted by atomic mass is 16.5. The van der Waals surface area contributed by atoms with Crippen LogP contribution in [-0.4, -0.2) is 25.1 Å². The predicted octanol–water partition coefficient (Wildman–Crippen LogP) is 6.04. The molecule has 27 heavy (non-hydrogen) atoms. The van der Waals surface area contributed by atoms with Gasteiger partial charge in [0.2, 0.25) is 0 Å². The minimum atomic E-state index is 0.891. The Balaban J connectivity index is 1.72. The van der Waals surface area contributed by atoms with Crippen LogP contribution in [0.15, 0.2) is 46.9 Å². The van der Waals surface area contributed by atoms with Gasteiger partial charge < -0.3 is 9.15 Å². The van der Waals surface area contributed by atoms with E-state index >= 15 is 0 Å². The molecule has 3 nitrogen and oxygen atoms in total. The second-order valence-electron chi connectivity index (χ2n) is 7.74. The van der Waals surface area contributed by atoms with Crippen LogP contribution in [-0.2, 0) is 6.54 Å². The summed E-state index contributed by atoms with van der Waals surface area (Å²) in [5, 5.41) is 1.13. The first-order chi connectivity index (χ1) is 13.2. The fourth-order valence-electron chi connectivity index (χ4n) is 4.02. The summed E-state index contributed by atoms with van der Waals surface area (Å²) in [6.45, 7) is 7.54. The number of benzene rings is 2. The average Bonchev–Trinajstić information content (AvgIpc) is 3.42. The SMILES string of the molecule is CCCN(Cc1cc2oc(C)c(-c3ccccc3)c2cc1OC)CC1CC1. The Morgan fingerprint density at radius 3 is 2.59 bits per heavy atom. The van der Waals surface area contributed by atoms with Crippen LogP contribution in [0.3, 0.4) is 0 Å². The van der Waals surface area contributed by atoms with Gasteiger partial charge in [-0.3, -0.25) is 4.90 Å². The van der Waals surface area contributed by atoms with Gasteiger partial charge in [0.25, 0.3) is 0 Å². The third-order valence-corrected chi connectivity index (χ3v) is 5.48. The number of fused-ring (bicyclic) bond motifs is 1. The zero-order chi connectivity index (χ0) is 18.8. The van der Waals surface area contributed by atoms with Crippen molar-refractivity contribution in [3.05, 3.63) is 53.8 Å². The molecular formula is C24H29NO2. The van der Waals surface area contributed by atoms with Crippen LogP contribution in [0.4, 0.5) is 0 Å². The summed E-state index contributed by atoms with van der Waals surface area (Å²) in [4.78, 5) is 2.56. The molecule has 0 spiro atoms. The molecule has 1 aliphatic rings. The molecule has 1 saturated carbocycles. The lowest BCUT2D eigenvalue weighted by Crippen LogP contribution is -2.26. The van der Waals surface area contributed by atoms with E-state index in [9.17, 15) is 0 Å². The van der Waals surface area contributed by atoms with Gasteiger partial charge in [0.05, 0.1) is 7.11 Å². The van der Waals surface area contributed by atoms with E-state index < -0.39 is 0 Å². The zero-order valence-electron chi connectivity index (χ0n) is 16.6. The van der Waals surface area contributed by atoms with Gasteiger partial charge in [0, 0.05) is 29.6 Å². The number of rotatable bonds is 8. The zero-order valence-corrected chi connectivity index (χ0v) is 16.6. The van der Waals surface area contributed by atoms with Gasteiger partial charge in [-0.2, -0.15) is 0 Å². The summed E-state index contributed by atoms with van der Waals surface area (Å²) in [6, 6.07) is 14.8. The Hall–Kier alpha value is -2.26. The number of nitrogens with zero attached hydrogens (tertiary/aromatic N) is 1. The molecule has 3 aromatic rings. The first-order valence-electron chi connectivity index (χ1n) is 10.1. The van der Waals surface area contributed by atoms with E-state index in [-0.39, 0.29) is 0 Å². The highest BCUT2D eigenvalue weighted by molar-refractivity contribution is 5.97. The van der Waals surface area contributed by atoms with Gasteiger partial charge in [0.1, 0.15) is 17.1 Å². The monoisotopic (exact) mass is 363 g/mol. The standard InChI is InChI=1S/C24H29NO2/c1-4-12-25(15-18-10-11-18)16-20-13-23-21(14-22(20)26-3)24(17(2)27-23)19-8-6-5-7-9-19/h5-9,13-14,18H,4,10-12,15-16H2,1-3H3. The smallest absolute Gasteiger partial charge is 0.135 e. The number of methoxy groups -OCH3 is 1. The average molecular weight is 364 g/mol. The van der Waals surface area contributed by atoms with Crippen LogP contribution < -0.4 is 4.74 Å². The van der Waals surface area contributed by atoms with E-state index in [0.29, 0.717) is 0 Å². The Kier molecular flexibility index (Phi) is 5.22. The van der Waals surface area contributed by atoms with Crippen LogP contribution in [0.5, 0.6) is 5.75 Å². The summed E-state index contributed by atoms with van der Waals surface area (Å²) in [6.07, 6.45) is 3.94. The molecule has 0 saturated heterocycles. The van der Waals surface area contributed by atoms with Crippen LogP contribution in [0.25, 0.3) is 22.1 Å². The minimum Gasteiger partial charge on any atom is -0.496 e. The van der Waals surface area contributed by atoms with E-state index in [1.165, 1.54) is 42.5 Å². The molecule has 2 aromatic carbocycles. The Morgan fingerprint density at radius 1 is 1.15 bits per heavy atom. The Morgan fingerprint density at radius 2 is 1.93 bits per heavy atom. The molecule has 0 radical (unpaired) electrons. The van der Waals surface area contributed by atoms with Crippen molar-refractivity contribution in [1.82, 2.24) is 4.90 Å². The third kappa shape index (κ3) is 3.89. The van der Waals surface area contributed by atoms with Crippen molar-refractivity contribution in [2.24, 2.45) is 5.92 Å². The topological polar surface area (TPSA) is 25.6 Å². The van der Waals surface area contributed by atoms with E-state index in [0.717, 1.165) is 41.5 Å². The van der Waals surface area contributed by atoms with Crippen LogP contribution in [0, 0.1) is 12.8 Å². The molecule has 0 atom stereocenters.